The zero-order chi connectivity index (χ0) is 13.1. The second-order valence-corrected chi connectivity index (χ2v) is 6.93. The van der Waals surface area contributed by atoms with Crippen LogP contribution in [0.15, 0.2) is 0 Å². The van der Waals surface area contributed by atoms with E-state index in [9.17, 15) is 13.2 Å². The summed E-state index contributed by atoms with van der Waals surface area (Å²) in [6, 6.07) is -0.383. The van der Waals surface area contributed by atoms with E-state index in [4.69, 9.17) is 5.11 Å². The summed E-state index contributed by atoms with van der Waals surface area (Å²) in [4.78, 5) is 14.7. The molecule has 0 saturated carbocycles. The van der Waals surface area contributed by atoms with Crippen LogP contribution in [0.25, 0.3) is 0 Å². The summed E-state index contributed by atoms with van der Waals surface area (Å²) >= 11 is 0. The lowest BCUT2D eigenvalue weighted by Crippen LogP contribution is -2.51. The predicted molar refractivity (Wildman–Crippen MR) is 64.8 cm³/mol. The Morgan fingerprint density at radius 1 is 1.47 bits per heavy atom. The van der Waals surface area contributed by atoms with Crippen molar-refractivity contribution >= 4 is 15.8 Å². The van der Waals surface area contributed by atoms with Crippen LogP contribution in [0.4, 0.5) is 0 Å². The number of likely N-dealkylation sites (N-methyl/N-ethyl adjacent to an activating group) is 1. The van der Waals surface area contributed by atoms with Crippen LogP contribution in [0, 0.1) is 0 Å². The Kier molecular flexibility index (Phi) is 4.91. The van der Waals surface area contributed by atoms with Crippen molar-refractivity contribution in [2.75, 3.05) is 45.2 Å². The SMILES string of the molecule is CN(C)CCN1CCS(=O)(=O)CC1CC(=O)O. The predicted octanol–water partition coefficient (Wildman–Crippen LogP) is -0.878. The van der Waals surface area contributed by atoms with Crippen LogP contribution in [0.1, 0.15) is 6.42 Å². The molecule has 0 bridgehead atoms. The van der Waals surface area contributed by atoms with Gasteiger partial charge in [-0.2, -0.15) is 0 Å². The van der Waals surface area contributed by atoms with E-state index < -0.39 is 15.8 Å². The van der Waals surface area contributed by atoms with Gasteiger partial charge in [-0.15, -0.1) is 0 Å². The van der Waals surface area contributed by atoms with Crippen LogP contribution < -0.4 is 0 Å². The van der Waals surface area contributed by atoms with Gasteiger partial charge >= 0.3 is 5.97 Å². The molecule has 1 rings (SSSR count). The van der Waals surface area contributed by atoms with E-state index in [0.717, 1.165) is 6.54 Å². The van der Waals surface area contributed by atoms with E-state index in [1.807, 2.05) is 23.9 Å². The van der Waals surface area contributed by atoms with Crippen LogP contribution in [-0.4, -0.2) is 80.6 Å². The first-order valence-electron chi connectivity index (χ1n) is 5.61. The van der Waals surface area contributed by atoms with Crippen molar-refractivity contribution in [3.63, 3.8) is 0 Å². The van der Waals surface area contributed by atoms with Crippen LogP contribution in [0.2, 0.25) is 0 Å². The number of nitrogens with zero attached hydrogens (tertiary/aromatic N) is 2. The van der Waals surface area contributed by atoms with Crippen molar-refractivity contribution in [1.82, 2.24) is 9.80 Å². The first-order valence-corrected chi connectivity index (χ1v) is 7.43. The Labute approximate surface area is 102 Å². The first-order chi connectivity index (χ1) is 7.80. The molecule has 7 heteroatoms. The summed E-state index contributed by atoms with van der Waals surface area (Å²) in [5.74, 6) is -0.842. The highest BCUT2D eigenvalue weighted by atomic mass is 32.2. The molecule has 0 amide bonds. The highest BCUT2D eigenvalue weighted by Crippen LogP contribution is 2.14. The quantitative estimate of drug-likeness (QED) is 0.695. The molecule has 1 unspecified atom stereocenters. The molecular weight excluding hydrogens is 244 g/mol. The Morgan fingerprint density at radius 3 is 2.65 bits per heavy atom. The number of carboxylic acid groups (broad SMARTS) is 1. The van der Waals surface area contributed by atoms with Gasteiger partial charge in [0.25, 0.3) is 0 Å². The lowest BCUT2D eigenvalue weighted by atomic mass is 10.2. The highest BCUT2D eigenvalue weighted by Gasteiger charge is 2.32. The molecule has 0 aliphatic carbocycles. The minimum Gasteiger partial charge on any atom is -0.481 e. The van der Waals surface area contributed by atoms with Crippen molar-refractivity contribution in [1.29, 1.82) is 0 Å². The van der Waals surface area contributed by atoms with Gasteiger partial charge in [-0.3, -0.25) is 9.69 Å². The maximum Gasteiger partial charge on any atom is 0.304 e. The fourth-order valence-electron chi connectivity index (χ4n) is 1.93. The lowest BCUT2D eigenvalue weighted by molar-refractivity contribution is -0.138. The average Bonchev–Trinajstić information content (AvgIpc) is 2.14. The van der Waals surface area contributed by atoms with Crippen LogP contribution in [0.3, 0.4) is 0 Å². The third-order valence-electron chi connectivity index (χ3n) is 2.90. The van der Waals surface area contributed by atoms with Crippen molar-refractivity contribution in [3.8, 4) is 0 Å². The van der Waals surface area contributed by atoms with Gasteiger partial charge < -0.3 is 10.0 Å². The van der Waals surface area contributed by atoms with Crippen molar-refractivity contribution in [2.45, 2.75) is 12.5 Å². The topological polar surface area (TPSA) is 77.9 Å². The van der Waals surface area contributed by atoms with Gasteiger partial charge in [0.1, 0.15) is 0 Å². The summed E-state index contributed by atoms with van der Waals surface area (Å²) < 4.78 is 23.0. The van der Waals surface area contributed by atoms with E-state index in [2.05, 4.69) is 0 Å². The molecule has 0 radical (unpaired) electrons. The van der Waals surface area contributed by atoms with Gasteiger partial charge in [0.2, 0.25) is 0 Å². The Hall–Kier alpha value is -0.660. The number of hydrogen-bond donors (Lipinski definition) is 1. The molecule has 6 nitrogen and oxygen atoms in total. The van der Waals surface area contributed by atoms with Crippen LogP contribution in [-0.2, 0) is 14.6 Å². The van der Waals surface area contributed by atoms with E-state index in [1.54, 1.807) is 0 Å². The van der Waals surface area contributed by atoms with Gasteiger partial charge in [0, 0.05) is 25.7 Å². The van der Waals surface area contributed by atoms with Crippen LogP contribution >= 0.6 is 0 Å². The number of sulfone groups is 1. The molecule has 1 N–H and O–H groups in total. The maximum atomic E-state index is 11.5. The molecule has 1 aliphatic heterocycles. The number of carboxylic acids is 1. The Morgan fingerprint density at radius 2 is 2.12 bits per heavy atom. The summed E-state index contributed by atoms with van der Waals surface area (Å²) in [7, 11) is 0.807. The van der Waals surface area contributed by atoms with Crippen molar-refractivity contribution in [2.24, 2.45) is 0 Å². The molecule has 1 saturated heterocycles. The first kappa shape index (κ1) is 14.4. The second-order valence-electron chi connectivity index (χ2n) is 4.71. The zero-order valence-electron chi connectivity index (χ0n) is 10.3. The van der Waals surface area contributed by atoms with E-state index >= 15 is 0 Å². The van der Waals surface area contributed by atoms with Crippen molar-refractivity contribution < 1.29 is 18.3 Å². The fraction of sp³-hybridized carbons (Fsp3) is 0.900. The zero-order valence-corrected chi connectivity index (χ0v) is 11.1. The minimum absolute atomic E-state index is 0.0350. The Bertz CT molecular complexity index is 367. The molecule has 0 aromatic heterocycles. The number of carbonyl (C=O) groups is 1. The minimum atomic E-state index is -3.07. The van der Waals surface area contributed by atoms with Gasteiger partial charge in [-0.05, 0) is 14.1 Å². The molecule has 1 atom stereocenters. The monoisotopic (exact) mass is 264 g/mol. The second kappa shape index (κ2) is 5.79. The molecule has 1 heterocycles. The van der Waals surface area contributed by atoms with Gasteiger partial charge in [0.05, 0.1) is 17.9 Å². The number of aliphatic carboxylic acids is 1. The summed E-state index contributed by atoms with van der Waals surface area (Å²) in [6.45, 7) is 1.95. The van der Waals surface area contributed by atoms with E-state index in [1.165, 1.54) is 0 Å². The third-order valence-corrected chi connectivity index (χ3v) is 4.59. The Balaban J connectivity index is 2.63. The van der Waals surface area contributed by atoms with Crippen molar-refractivity contribution in [3.05, 3.63) is 0 Å². The molecule has 0 aromatic rings. The molecule has 17 heavy (non-hydrogen) atoms. The average molecular weight is 264 g/mol. The maximum absolute atomic E-state index is 11.5. The lowest BCUT2D eigenvalue weighted by Gasteiger charge is -2.35. The third kappa shape index (κ3) is 5.01. The summed E-state index contributed by atoms with van der Waals surface area (Å²) in [5, 5.41) is 8.80. The smallest absolute Gasteiger partial charge is 0.304 e. The summed E-state index contributed by atoms with van der Waals surface area (Å²) in [5.41, 5.74) is 0. The van der Waals surface area contributed by atoms with Gasteiger partial charge in [-0.1, -0.05) is 0 Å². The number of rotatable bonds is 5. The van der Waals surface area contributed by atoms with E-state index in [-0.39, 0.29) is 24.0 Å². The van der Waals surface area contributed by atoms with Gasteiger partial charge in [0.15, 0.2) is 9.84 Å². The molecular formula is C10H20N2O4S. The molecule has 0 aromatic carbocycles. The largest absolute Gasteiger partial charge is 0.481 e. The van der Waals surface area contributed by atoms with Gasteiger partial charge in [-0.25, -0.2) is 8.42 Å². The number of hydrogen-bond acceptors (Lipinski definition) is 5. The molecule has 1 aliphatic rings. The highest BCUT2D eigenvalue weighted by molar-refractivity contribution is 7.91. The molecule has 100 valence electrons. The molecule has 1 fully saturated rings. The summed E-state index contributed by atoms with van der Waals surface area (Å²) in [6.07, 6.45) is -0.105. The fourth-order valence-corrected chi connectivity index (χ4v) is 3.53. The normalized spacial score (nSPS) is 25.0. The van der Waals surface area contributed by atoms with Crippen LogP contribution in [0.5, 0.6) is 0 Å². The van der Waals surface area contributed by atoms with E-state index in [0.29, 0.717) is 13.1 Å². The standard InChI is InChI=1S/C10H20N2O4S/c1-11(2)3-4-12-5-6-17(15,16)8-9(12)7-10(13)14/h9H,3-8H2,1-2H3,(H,13,14). The molecule has 0 spiro atoms.